The minimum atomic E-state index is -2.03. The van der Waals surface area contributed by atoms with Gasteiger partial charge in [0, 0.05) is 6.54 Å². The molecule has 0 radical (unpaired) electrons. The van der Waals surface area contributed by atoms with E-state index in [0.717, 1.165) is 5.56 Å². The quantitative estimate of drug-likeness (QED) is 0.376. The molecule has 2 aliphatic heterocycles. The zero-order valence-electron chi connectivity index (χ0n) is 23.8. The van der Waals surface area contributed by atoms with Crippen molar-refractivity contribution in [2.24, 2.45) is 0 Å². The second-order valence-corrected chi connectivity index (χ2v) is 16.3. The van der Waals surface area contributed by atoms with Crippen LogP contribution in [-0.4, -0.2) is 71.6 Å². The molecule has 1 aromatic carbocycles. The number of rotatable bonds is 8. The highest BCUT2D eigenvalue weighted by atomic mass is 28.4. The Kier molecular flexibility index (Phi) is 8.07. The van der Waals surface area contributed by atoms with Gasteiger partial charge >= 0.3 is 6.03 Å². The van der Waals surface area contributed by atoms with Gasteiger partial charge in [0.15, 0.2) is 37.8 Å². The minimum absolute atomic E-state index is 0.0589. The lowest BCUT2D eigenvalue weighted by Gasteiger charge is -2.37. The van der Waals surface area contributed by atoms with E-state index in [9.17, 15) is 4.79 Å². The van der Waals surface area contributed by atoms with Gasteiger partial charge in [-0.3, -0.25) is 9.88 Å². The standard InChI is InChI=1S/C28H38N6O5Si/c1-7-29-27(35)33-24-21-25(31-16-30-24)34(17-32-21)26-23-22(19(37-26)15-36-40(5,6)28(2,3)4)38-20(39-23)14-13-18-11-9-8-10-12-18/h8-14,16-17,19-20,22-23,26H,7,15H2,1-6H3,(H2,29,30,31,33,35)/t19-,20+,22?,23+,26-/m1/s1. The third-order valence-electron chi connectivity index (χ3n) is 7.73. The Morgan fingerprint density at radius 2 is 1.85 bits per heavy atom. The number of nitrogens with zero attached hydrogens (tertiary/aromatic N) is 4. The molecule has 2 N–H and O–H groups in total. The van der Waals surface area contributed by atoms with Crippen molar-refractivity contribution < 1.29 is 23.4 Å². The van der Waals surface area contributed by atoms with E-state index in [1.54, 1.807) is 6.33 Å². The SMILES string of the molecule is CCNC(=O)Nc1ncnc2c1ncn2[C@@H]1O[C@H](CO[Si](C)(C)C(C)(C)C)C2O[C@H](C=Cc3ccccc3)O[C@@H]21. The fourth-order valence-corrected chi connectivity index (χ4v) is 5.52. The van der Waals surface area contributed by atoms with Crippen molar-refractivity contribution in [3.8, 4) is 0 Å². The summed E-state index contributed by atoms with van der Waals surface area (Å²) in [7, 11) is -2.03. The highest BCUT2D eigenvalue weighted by Gasteiger charge is 2.54. The highest BCUT2D eigenvalue weighted by Crippen LogP contribution is 2.43. The Morgan fingerprint density at radius 1 is 1.10 bits per heavy atom. The number of carbonyl (C=O) groups is 1. The summed E-state index contributed by atoms with van der Waals surface area (Å²) < 4.78 is 27.7. The number of anilines is 1. The van der Waals surface area contributed by atoms with Crippen LogP contribution in [0.5, 0.6) is 0 Å². The van der Waals surface area contributed by atoms with Gasteiger partial charge in [0.05, 0.1) is 12.9 Å². The topological polar surface area (TPSA) is 122 Å². The van der Waals surface area contributed by atoms with Crippen LogP contribution in [0.15, 0.2) is 49.1 Å². The molecule has 2 saturated heterocycles. The Morgan fingerprint density at radius 3 is 2.58 bits per heavy atom. The molecule has 2 amide bonds. The zero-order valence-corrected chi connectivity index (χ0v) is 24.8. The number of hydrogen-bond donors (Lipinski definition) is 2. The molecule has 2 aliphatic rings. The van der Waals surface area contributed by atoms with Crippen LogP contribution in [0.3, 0.4) is 0 Å². The molecular formula is C28H38N6O5Si. The van der Waals surface area contributed by atoms with Gasteiger partial charge in [-0.2, -0.15) is 0 Å². The first-order chi connectivity index (χ1) is 19.1. The van der Waals surface area contributed by atoms with Crippen molar-refractivity contribution in [1.82, 2.24) is 24.8 Å². The molecule has 40 heavy (non-hydrogen) atoms. The van der Waals surface area contributed by atoms with Crippen LogP contribution in [0, 0.1) is 0 Å². The van der Waals surface area contributed by atoms with Crippen molar-refractivity contribution in [2.45, 2.75) is 76.7 Å². The molecule has 5 rings (SSSR count). The molecule has 11 nitrogen and oxygen atoms in total. The molecule has 0 saturated carbocycles. The number of aromatic nitrogens is 4. The fraction of sp³-hybridized carbons (Fsp3) is 0.500. The first-order valence-corrected chi connectivity index (χ1v) is 16.5. The van der Waals surface area contributed by atoms with Crippen LogP contribution in [0.1, 0.15) is 39.5 Å². The molecule has 12 heteroatoms. The number of amides is 2. The van der Waals surface area contributed by atoms with E-state index < -0.39 is 26.9 Å². The van der Waals surface area contributed by atoms with Gasteiger partial charge in [0.25, 0.3) is 0 Å². The Labute approximate surface area is 235 Å². The van der Waals surface area contributed by atoms with Crippen LogP contribution < -0.4 is 10.6 Å². The number of ether oxygens (including phenoxy) is 3. The van der Waals surface area contributed by atoms with Crippen LogP contribution in [0.2, 0.25) is 18.1 Å². The number of hydrogen-bond acceptors (Lipinski definition) is 8. The van der Waals surface area contributed by atoms with Gasteiger partial charge in [-0.05, 0) is 36.7 Å². The molecule has 4 heterocycles. The van der Waals surface area contributed by atoms with Crippen LogP contribution in [0.25, 0.3) is 17.2 Å². The summed E-state index contributed by atoms with van der Waals surface area (Å²) in [5.41, 5.74) is 2.03. The van der Waals surface area contributed by atoms with Gasteiger partial charge in [0.1, 0.15) is 24.6 Å². The van der Waals surface area contributed by atoms with E-state index in [2.05, 4.69) is 59.5 Å². The molecule has 0 spiro atoms. The Bertz CT molecular complexity index is 1360. The van der Waals surface area contributed by atoms with Crippen molar-refractivity contribution in [2.75, 3.05) is 18.5 Å². The lowest BCUT2D eigenvalue weighted by Crippen LogP contribution is -2.44. The van der Waals surface area contributed by atoms with Crippen LogP contribution in [0.4, 0.5) is 10.6 Å². The summed E-state index contributed by atoms with van der Waals surface area (Å²) in [5.74, 6) is 0.314. The summed E-state index contributed by atoms with van der Waals surface area (Å²) in [4.78, 5) is 25.3. The van der Waals surface area contributed by atoms with E-state index in [1.165, 1.54) is 6.33 Å². The Balaban J connectivity index is 1.41. The van der Waals surface area contributed by atoms with Gasteiger partial charge in [0.2, 0.25) is 0 Å². The number of imidazole rings is 1. The summed E-state index contributed by atoms with van der Waals surface area (Å²) in [6, 6.07) is 9.65. The van der Waals surface area contributed by atoms with Crippen LogP contribution >= 0.6 is 0 Å². The predicted octanol–water partition coefficient (Wildman–Crippen LogP) is 4.71. The minimum Gasteiger partial charge on any atom is -0.414 e. The summed E-state index contributed by atoms with van der Waals surface area (Å²) in [5, 5.41) is 5.49. The lowest BCUT2D eigenvalue weighted by atomic mass is 10.1. The molecule has 0 bridgehead atoms. The first-order valence-electron chi connectivity index (χ1n) is 13.6. The largest absolute Gasteiger partial charge is 0.414 e. The average molecular weight is 567 g/mol. The van der Waals surface area contributed by atoms with Crippen molar-refractivity contribution in [1.29, 1.82) is 0 Å². The molecule has 2 aromatic heterocycles. The fourth-order valence-electron chi connectivity index (χ4n) is 4.51. The smallest absolute Gasteiger partial charge is 0.320 e. The van der Waals surface area contributed by atoms with E-state index >= 15 is 0 Å². The van der Waals surface area contributed by atoms with Gasteiger partial charge in [-0.1, -0.05) is 57.2 Å². The zero-order chi connectivity index (χ0) is 28.5. The lowest BCUT2D eigenvalue weighted by molar-refractivity contribution is -0.132. The first kappa shape index (κ1) is 28.4. The summed E-state index contributed by atoms with van der Waals surface area (Å²) in [6.07, 6.45) is 4.69. The van der Waals surface area contributed by atoms with Gasteiger partial charge < -0.3 is 24.0 Å². The second-order valence-electron chi connectivity index (χ2n) is 11.5. The molecular weight excluding hydrogens is 528 g/mol. The third kappa shape index (κ3) is 5.81. The number of urea groups is 1. The van der Waals surface area contributed by atoms with Crippen molar-refractivity contribution >= 4 is 37.4 Å². The third-order valence-corrected chi connectivity index (χ3v) is 12.2. The average Bonchev–Trinajstić information content (AvgIpc) is 3.61. The van der Waals surface area contributed by atoms with Crippen LogP contribution in [-0.2, 0) is 18.6 Å². The van der Waals surface area contributed by atoms with E-state index in [0.29, 0.717) is 30.1 Å². The maximum Gasteiger partial charge on any atom is 0.320 e. The molecule has 1 unspecified atom stereocenters. The van der Waals surface area contributed by atoms with E-state index in [-0.39, 0.29) is 23.3 Å². The summed E-state index contributed by atoms with van der Waals surface area (Å²) in [6.45, 7) is 13.8. The molecule has 5 atom stereocenters. The van der Waals surface area contributed by atoms with Gasteiger partial charge in [-0.15, -0.1) is 0 Å². The van der Waals surface area contributed by atoms with Crippen molar-refractivity contribution in [3.05, 3.63) is 54.6 Å². The number of carbonyl (C=O) groups excluding carboxylic acids is 1. The monoisotopic (exact) mass is 566 g/mol. The van der Waals surface area contributed by atoms with Crippen molar-refractivity contribution in [3.63, 3.8) is 0 Å². The Hall–Kier alpha value is -3.16. The van der Waals surface area contributed by atoms with E-state index in [4.69, 9.17) is 18.6 Å². The number of nitrogens with one attached hydrogen (secondary N) is 2. The number of fused-ring (bicyclic) bond motifs is 2. The summed E-state index contributed by atoms with van der Waals surface area (Å²) >= 11 is 0. The molecule has 2 fully saturated rings. The maximum atomic E-state index is 12.1. The van der Waals surface area contributed by atoms with Gasteiger partial charge in [-0.25, -0.2) is 19.7 Å². The maximum absolute atomic E-state index is 12.1. The normalized spacial score (nSPS) is 25.0. The molecule has 214 valence electrons. The highest BCUT2D eigenvalue weighted by molar-refractivity contribution is 6.74. The predicted molar refractivity (Wildman–Crippen MR) is 154 cm³/mol. The molecule has 0 aliphatic carbocycles. The number of benzene rings is 1. The second kappa shape index (κ2) is 11.4. The molecule has 3 aromatic rings. The van der Waals surface area contributed by atoms with E-state index in [1.807, 2.05) is 54.0 Å².